The van der Waals surface area contributed by atoms with Gasteiger partial charge in [0.15, 0.2) is 0 Å². The van der Waals surface area contributed by atoms with Gasteiger partial charge >= 0.3 is 17.8 Å². The van der Waals surface area contributed by atoms with E-state index < -0.39 is 36.1 Å². The molecule has 0 aliphatic rings. The zero-order chi connectivity index (χ0) is 29.7. The van der Waals surface area contributed by atoms with Gasteiger partial charge < -0.3 is 5.11 Å². The van der Waals surface area contributed by atoms with E-state index in [2.05, 4.69) is 4.98 Å². The standard InChI is InChI=1S/C16H10ClF3N2O.C15H13FO2/c17-11-6-7-13-12(8-11)14(10-4-2-1-3-5-10)21-15(23)22(13)9-16(18,19)20;1-10(15(17)18)12-7-8-13(14(16)9-12)11-5-3-2-4-6-11/h1-8H,9H2;2-10H,1H3,(H,17,18). The second-order valence-electron chi connectivity index (χ2n) is 9.14. The first-order chi connectivity index (χ1) is 19.4. The molecule has 1 aromatic heterocycles. The van der Waals surface area contributed by atoms with Crippen LogP contribution in [-0.2, 0) is 11.3 Å². The van der Waals surface area contributed by atoms with Gasteiger partial charge in [0.25, 0.3) is 0 Å². The number of carboxylic acid groups (broad SMARTS) is 1. The first-order valence-electron chi connectivity index (χ1n) is 12.3. The monoisotopic (exact) mass is 582 g/mol. The van der Waals surface area contributed by atoms with Crippen LogP contribution in [0.25, 0.3) is 33.3 Å². The van der Waals surface area contributed by atoms with Crippen molar-refractivity contribution in [2.75, 3.05) is 0 Å². The third-order valence-corrected chi connectivity index (χ3v) is 6.51. The molecule has 0 aliphatic carbocycles. The summed E-state index contributed by atoms with van der Waals surface area (Å²) >= 11 is 5.97. The number of carboxylic acids is 1. The van der Waals surface area contributed by atoms with Crippen molar-refractivity contribution >= 4 is 28.5 Å². The summed E-state index contributed by atoms with van der Waals surface area (Å²) in [6.07, 6.45) is -4.52. The predicted octanol–water partition coefficient (Wildman–Crippen LogP) is 7.96. The van der Waals surface area contributed by atoms with E-state index >= 15 is 0 Å². The Bertz CT molecular complexity index is 1740. The number of rotatable bonds is 5. The summed E-state index contributed by atoms with van der Waals surface area (Å²) in [5, 5.41) is 9.64. The zero-order valence-electron chi connectivity index (χ0n) is 21.6. The van der Waals surface area contributed by atoms with E-state index in [-0.39, 0.29) is 5.52 Å². The Kier molecular flexibility index (Phi) is 8.88. The number of hydrogen-bond donors (Lipinski definition) is 1. The van der Waals surface area contributed by atoms with Gasteiger partial charge in [-0.15, -0.1) is 0 Å². The number of benzene rings is 4. The lowest BCUT2D eigenvalue weighted by molar-refractivity contribution is -0.140. The maximum Gasteiger partial charge on any atom is 0.406 e. The van der Waals surface area contributed by atoms with Gasteiger partial charge in [-0.25, -0.2) is 9.18 Å². The first-order valence-corrected chi connectivity index (χ1v) is 12.7. The summed E-state index contributed by atoms with van der Waals surface area (Å²) in [6.45, 7) is 0.144. The molecule has 5 nitrogen and oxygen atoms in total. The topological polar surface area (TPSA) is 72.2 Å². The van der Waals surface area contributed by atoms with Gasteiger partial charge in [0, 0.05) is 21.5 Å². The smallest absolute Gasteiger partial charge is 0.406 e. The van der Waals surface area contributed by atoms with Crippen molar-refractivity contribution in [2.45, 2.75) is 25.6 Å². The number of nitrogens with zero attached hydrogens (tertiary/aromatic N) is 2. The summed E-state index contributed by atoms with van der Waals surface area (Å²) in [4.78, 5) is 26.8. The molecule has 0 amide bonds. The lowest BCUT2D eigenvalue weighted by Gasteiger charge is -2.14. The van der Waals surface area contributed by atoms with E-state index in [4.69, 9.17) is 16.7 Å². The van der Waals surface area contributed by atoms with Crippen LogP contribution in [0.1, 0.15) is 18.4 Å². The Morgan fingerprint density at radius 2 is 1.54 bits per heavy atom. The highest BCUT2D eigenvalue weighted by Crippen LogP contribution is 2.29. The molecule has 5 rings (SSSR count). The molecule has 0 spiro atoms. The molecule has 1 atom stereocenters. The molecule has 210 valence electrons. The number of fused-ring (bicyclic) bond motifs is 1. The molecule has 1 N–H and O–H groups in total. The first kappa shape index (κ1) is 29.5. The van der Waals surface area contributed by atoms with Crippen LogP contribution in [0.15, 0.2) is 102 Å². The van der Waals surface area contributed by atoms with Crippen molar-refractivity contribution in [2.24, 2.45) is 0 Å². The molecule has 0 aliphatic heterocycles. The van der Waals surface area contributed by atoms with E-state index in [0.29, 0.717) is 37.4 Å². The molecule has 4 aromatic carbocycles. The molecule has 1 unspecified atom stereocenters. The highest BCUT2D eigenvalue weighted by atomic mass is 35.5. The van der Waals surface area contributed by atoms with Crippen LogP contribution in [0.2, 0.25) is 5.02 Å². The van der Waals surface area contributed by atoms with Gasteiger partial charge in [-0.1, -0.05) is 84.4 Å². The van der Waals surface area contributed by atoms with Gasteiger partial charge in [-0.2, -0.15) is 18.2 Å². The molecule has 0 radical (unpaired) electrons. The molecule has 5 aromatic rings. The summed E-state index contributed by atoms with van der Waals surface area (Å²) < 4.78 is 52.8. The average molecular weight is 583 g/mol. The molecular weight excluding hydrogens is 560 g/mol. The van der Waals surface area contributed by atoms with Gasteiger partial charge in [0.2, 0.25) is 0 Å². The predicted molar refractivity (Wildman–Crippen MR) is 150 cm³/mol. The van der Waals surface area contributed by atoms with Crippen molar-refractivity contribution in [1.82, 2.24) is 9.55 Å². The van der Waals surface area contributed by atoms with Crippen molar-refractivity contribution in [3.8, 4) is 22.4 Å². The lowest BCUT2D eigenvalue weighted by Crippen LogP contribution is -2.30. The number of aromatic nitrogens is 2. The van der Waals surface area contributed by atoms with Crippen LogP contribution in [0.5, 0.6) is 0 Å². The number of hydrogen-bond acceptors (Lipinski definition) is 3. The summed E-state index contributed by atoms with van der Waals surface area (Å²) in [5.41, 5.74) is 1.88. The van der Waals surface area contributed by atoms with Crippen molar-refractivity contribution < 1.29 is 27.5 Å². The fourth-order valence-electron chi connectivity index (χ4n) is 4.20. The van der Waals surface area contributed by atoms with Crippen molar-refractivity contribution in [3.63, 3.8) is 0 Å². The quantitative estimate of drug-likeness (QED) is 0.213. The van der Waals surface area contributed by atoms with E-state index in [0.717, 1.165) is 5.56 Å². The van der Waals surface area contributed by atoms with Crippen LogP contribution >= 0.6 is 11.6 Å². The summed E-state index contributed by atoms with van der Waals surface area (Å²) in [7, 11) is 0. The Balaban J connectivity index is 0.000000195. The van der Waals surface area contributed by atoms with Crippen LogP contribution < -0.4 is 5.69 Å². The number of carbonyl (C=O) groups is 1. The third kappa shape index (κ3) is 7.18. The van der Waals surface area contributed by atoms with E-state index in [9.17, 15) is 27.2 Å². The SMILES string of the molecule is CC(C(=O)O)c1ccc(-c2ccccc2)c(F)c1.O=c1nc(-c2ccccc2)c2cc(Cl)ccc2n1CC(F)(F)F. The molecule has 41 heavy (non-hydrogen) atoms. The van der Waals surface area contributed by atoms with E-state index in [1.807, 2.05) is 30.3 Å². The van der Waals surface area contributed by atoms with Gasteiger partial charge in [-0.3, -0.25) is 9.36 Å². The Hall–Kier alpha value is -4.50. The molecular formula is C31H23ClF4N2O3. The minimum atomic E-state index is -4.52. The Morgan fingerprint density at radius 3 is 2.10 bits per heavy atom. The van der Waals surface area contributed by atoms with Crippen molar-refractivity contribution in [3.05, 3.63) is 124 Å². The summed E-state index contributed by atoms with van der Waals surface area (Å²) in [6, 6.07) is 26.9. The number of alkyl halides is 3. The fourth-order valence-corrected chi connectivity index (χ4v) is 4.37. The van der Waals surface area contributed by atoms with Gasteiger partial charge in [0.1, 0.15) is 12.4 Å². The van der Waals surface area contributed by atoms with Crippen LogP contribution in [0.4, 0.5) is 17.6 Å². The van der Waals surface area contributed by atoms with E-state index in [1.165, 1.54) is 24.3 Å². The Morgan fingerprint density at radius 1 is 0.927 bits per heavy atom. The minimum absolute atomic E-state index is 0.144. The second-order valence-corrected chi connectivity index (χ2v) is 9.57. The number of halogens is 5. The average Bonchev–Trinajstić information content (AvgIpc) is 2.94. The third-order valence-electron chi connectivity index (χ3n) is 6.28. The molecule has 0 fully saturated rings. The molecule has 0 saturated heterocycles. The van der Waals surface area contributed by atoms with Gasteiger partial charge in [0.05, 0.1) is 17.1 Å². The normalized spacial score (nSPS) is 12.0. The second kappa shape index (κ2) is 12.3. The molecule has 0 saturated carbocycles. The highest BCUT2D eigenvalue weighted by Gasteiger charge is 2.30. The maximum atomic E-state index is 14.0. The van der Waals surface area contributed by atoms with E-state index in [1.54, 1.807) is 49.4 Å². The Labute approximate surface area is 237 Å². The molecule has 1 heterocycles. The summed E-state index contributed by atoms with van der Waals surface area (Å²) in [5.74, 6) is -2.06. The lowest BCUT2D eigenvalue weighted by atomic mass is 9.97. The number of aliphatic carboxylic acids is 1. The molecule has 0 bridgehead atoms. The van der Waals surface area contributed by atoms with Crippen LogP contribution in [0.3, 0.4) is 0 Å². The van der Waals surface area contributed by atoms with Gasteiger partial charge in [-0.05, 0) is 42.3 Å². The largest absolute Gasteiger partial charge is 0.481 e. The van der Waals surface area contributed by atoms with Crippen molar-refractivity contribution in [1.29, 1.82) is 0 Å². The van der Waals surface area contributed by atoms with Crippen LogP contribution in [0, 0.1) is 5.82 Å². The molecule has 10 heteroatoms. The van der Waals surface area contributed by atoms with Crippen LogP contribution in [-0.4, -0.2) is 26.8 Å². The zero-order valence-corrected chi connectivity index (χ0v) is 22.3. The fraction of sp³-hybridized carbons (Fsp3) is 0.129. The maximum absolute atomic E-state index is 14.0. The highest BCUT2D eigenvalue weighted by molar-refractivity contribution is 6.31. The minimum Gasteiger partial charge on any atom is -0.481 e.